The van der Waals surface area contributed by atoms with E-state index in [0.717, 1.165) is 50.3 Å². The Morgan fingerprint density at radius 2 is 1.45 bits per heavy atom. The summed E-state index contributed by atoms with van der Waals surface area (Å²) in [5.74, 6) is 0.956. The van der Waals surface area contributed by atoms with Crippen molar-refractivity contribution in [3.63, 3.8) is 0 Å². The Morgan fingerprint density at radius 1 is 0.788 bits per heavy atom. The fraction of sp³-hybridized carbons (Fsp3) is 0.207. The van der Waals surface area contributed by atoms with E-state index in [2.05, 4.69) is 83.1 Å². The van der Waals surface area contributed by atoms with Gasteiger partial charge in [-0.05, 0) is 62.5 Å². The molecule has 0 bridgehead atoms. The highest BCUT2D eigenvalue weighted by Crippen LogP contribution is 2.37. The van der Waals surface area contributed by atoms with Gasteiger partial charge in [0.2, 0.25) is 0 Å². The minimum atomic E-state index is -2.22. The molecule has 0 fully saturated rings. The Hall–Kier alpha value is -3.79. The highest BCUT2D eigenvalue weighted by Gasteiger charge is 2.32. The minimum absolute atomic E-state index is 0.423. The van der Waals surface area contributed by atoms with E-state index in [9.17, 15) is 0 Å². The lowest BCUT2D eigenvalue weighted by atomic mass is 10.1. The third-order valence-electron chi connectivity index (χ3n) is 7.13. The highest BCUT2D eigenvalue weighted by atomic mass is 15.3. The summed E-state index contributed by atoms with van der Waals surface area (Å²) in [6.45, 7) is 3.97. The number of fused-ring (bicyclic) bond motifs is 4. The van der Waals surface area contributed by atoms with Gasteiger partial charge in [-0.25, -0.2) is 4.57 Å². The summed E-state index contributed by atoms with van der Waals surface area (Å²) < 4.78 is 33.9. The van der Waals surface area contributed by atoms with Crippen LogP contribution in [0.15, 0.2) is 66.7 Å². The van der Waals surface area contributed by atoms with E-state index in [1.807, 2.05) is 36.7 Å². The molecule has 0 saturated carbocycles. The second-order valence-electron chi connectivity index (χ2n) is 8.99. The first-order chi connectivity index (χ1) is 17.1. The van der Waals surface area contributed by atoms with E-state index in [0.29, 0.717) is 5.56 Å². The summed E-state index contributed by atoms with van der Waals surface area (Å²) in [5, 5.41) is 1.74. The molecular formula is C29H29N4+. The number of rotatable bonds is 2. The molecule has 4 heteroatoms. The molecule has 6 aromatic rings. The van der Waals surface area contributed by atoms with Gasteiger partial charge >= 0.3 is 5.95 Å². The van der Waals surface area contributed by atoms with Crippen molar-refractivity contribution in [1.82, 2.24) is 13.7 Å². The van der Waals surface area contributed by atoms with Crippen molar-refractivity contribution in [3.05, 3.63) is 89.1 Å². The molecule has 33 heavy (non-hydrogen) atoms. The summed E-state index contributed by atoms with van der Waals surface area (Å²) in [6, 6.07) is 22.9. The molecule has 4 nitrogen and oxygen atoms in total. The van der Waals surface area contributed by atoms with Gasteiger partial charge in [0.1, 0.15) is 22.2 Å². The van der Waals surface area contributed by atoms with E-state index >= 15 is 0 Å². The van der Waals surface area contributed by atoms with Gasteiger partial charge in [0.05, 0.1) is 7.05 Å². The van der Waals surface area contributed by atoms with Crippen LogP contribution < -0.4 is 4.57 Å². The Morgan fingerprint density at radius 3 is 2.18 bits per heavy atom. The van der Waals surface area contributed by atoms with Gasteiger partial charge in [0.25, 0.3) is 0 Å². The number of imidazole rings is 1. The molecule has 0 aliphatic rings. The lowest BCUT2D eigenvalue weighted by Gasteiger charge is -2.12. The largest absolute Gasteiger partial charge is 0.376 e. The first-order valence-electron chi connectivity index (χ1n) is 12.8. The van der Waals surface area contributed by atoms with Gasteiger partial charge in [-0.1, -0.05) is 48.5 Å². The third-order valence-corrected chi connectivity index (χ3v) is 7.13. The van der Waals surface area contributed by atoms with Crippen LogP contribution in [0.1, 0.15) is 26.5 Å². The molecule has 3 aromatic heterocycles. The number of para-hydroxylation sites is 4. The topological polar surface area (TPSA) is 18.7 Å². The molecule has 6 rings (SSSR count). The first-order valence-corrected chi connectivity index (χ1v) is 11.3. The SMILES string of the molecule is [2H]C([2H])([2H])c1c(C)n(C)c2c1c1ccccc1n2-c1n(-c2c(C)cccc2C)c2ccccc2[n+]1C. The lowest BCUT2D eigenvalue weighted by molar-refractivity contribution is -0.639. The maximum absolute atomic E-state index is 8.36. The summed E-state index contributed by atoms with van der Waals surface area (Å²) >= 11 is 0. The Bertz CT molecular complexity index is 1810. The number of aromatic nitrogens is 4. The minimum Gasteiger partial charge on any atom is -0.321 e. The van der Waals surface area contributed by atoms with Gasteiger partial charge in [0.15, 0.2) is 5.65 Å². The molecular weight excluding hydrogens is 404 g/mol. The Labute approximate surface area is 198 Å². The number of hydrogen-bond acceptors (Lipinski definition) is 0. The van der Waals surface area contributed by atoms with Crippen LogP contribution >= 0.6 is 0 Å². The molecule has 0 unspecified atom stereocenters. The van der Waals surface area contributed by atoms with E-state index in [4.69, 9.17) is 4.11 Å². The molecule has 0 aliphatic carbocycles. The Balaban J connectivity index is 1.90. The molecule has 0 radical (unpaired) electrons. The monoisotopic (exact) mass is 436 g/mol. The van der Waals surface area contributed by atoms with E-state index in [1.165, 1.54) is 11.1 Å². The van der Waals surface area contributed by atoms with E-state index in [-0.39, 0.29) is 0 Å². The first kappa shape index (κ1) is 16.8. The maximum atomic E-state index is 8.36. The molecule has 0 atom stereocenters. The molecule has 0 spiro atoms. The molecule has 0 N–H and O–H groups in total. The summed E-state index contributed by atoms with van der Waals surface area (Å²) in [4.78, 5) is 0. The molecule has 3 heterocycles. The van der Waals surface area contributed by atoms with Crippen LogP contribution in [0.4, 0.5) is 0 Å². The fourth-order valence-electron chi connectivity index (χ4n) is 5.43. The van der Waals surface area contributed by atoms with Crippen molar-refractivity contribution in [3.8, 4) is 11.6 Å². The van der Waals surface area contributed by atoms with Crippen LogP contribution in [-0.2, 0) is 14.1 Å². The number of aryl methyl sites for hydroxylation is 5. The predicted molar refractivity (Wildman–Crippen MR) is 137 cm³/mol. The standard InChI is InChI=1S/C29H29N4/c1-18-12-11-13-19(2)27(18)32-25-17-10-9-16-24(25)31(6)29(32)33-23-15-8-7-14-22(23)26-20(3)21(4)30(5)28(26)33/h7-17H,1-6H3/q+1/i3D3. The van der Waals surface area contributed by atoms with Crippen LogP contribution in [0, 0.1) is 27.6 Å². The fourth-order valence-corrected chi connectivity index (χ4v) is 5.43. The Kier molecular flexibility index (Phi) is 3.49. The van der Waals surface area contributed by atoms with Crippen LogP contribution in [0.2, 0.25) is 0 Å². The molecule has 0 aliphatic heterocycles. The van der Waals surface area contributed by atoms with Crippen LogP contribution in [-0.4, -0.2) is 13.7 Å². The molecule has 0 saturated heterocycles. The second kappa shape index (κ2) is 6.85. The average molecular weight is 437 g/mol. The zero-order valence-electron chi connectivity index (χ0n) is 22.6. The lowest BCUT2D eigenvalue weighted by Crippen LogP contribution is -2.33. The van der Waals surface area contributed by atoms with E-state index in [1.54, 1.807) is 0 Å². The average Bonchev–Trinajstić information content (AvgIpc) is 3.40. The van der Waals surface area contributed by atoms with Crippen molar-refractivity contribution in [2.75, 3.05) is 0 Å². The summed E-state index contributed by atoms with van der Waals surface area (Å²) in [6.07, 6.45) is 0. The molecule has 164 valence electrons. The highest BCUT2D eigenvalue weighted by molar-refractivity contribution is 6.10. The van der Waals surface area contributed by atoms with E-state index < -0.39 is 6.85 Å². The van der Waals surface area contributed by atoms with Crippen LogP contribution in [0.3, 0.4) is 0 Å². The number of hydrogen-bond donors (Lipinski definition) is 0. The number of benzene rings is 3. The van der Waals surface area contributed by atoms with Gasteiger partial charge in [-0.3, -0.25) is 0 Å². The predicted octanol–water partition coefficient (Wildman–Crippen LogP) is 6.12. The van der Waals surface area contributed by atoms with Gasteiger partial charge in [0, 0.05) is 27.6 Å². The second-order valence-corrected chi connectivity index (χ2v) is 8.99. The quantitative estimate of drug-likeness (QED) is 0.291. The smallest absolute Gasteiger partial charge is 0.321 e. The van der Waals surface area contributed by atoms with Crippen molar-refractivity contribution in [2.24, 2.45) is 14.1 Å². The summed E-state index contributed by atoms with van der Waals surface area (Å²) in [5.41, 5.74) is 8.73. The van der Waals surface area contributed by atoms with Crippen molar-refractivity contribution in [2.45, 2.75) is 27.6 Å². The maximum Gasteiger partial charge on any atom is 0.376 e. The van der Waals surface area contributed by atoms with Crippen LogP contribution in [0.5, 0.6) is 0 Å². The summed E-state index contributed by atoms with van der Waals surface area (Å²) in [7, 11) is 4.05. The van der Waals surface area contributed by atoms with Gasteiger partial charge in [-0.15, -0.1) is 0 Å². The van der Waals surface area contributed by atoms with Crippen molar-refractivity contribution in [1.29, 1.82) is 0 Å². The normalized spacial score (nSPS) is 13.7. The van der Waals surface area contributed by atoms with Gasteiger partial charge < -0.3 is 4.57 Å². The number of nitrogens with zero attached hydrogens (tertiary/aromatic N) is 4. The van der Waals surface area contributed by atoms with Crippen LogP contribution in [0.25, 0.3) is 44.6 Å². The van der Waals surface area contributed by atoms with Gasteiger partial charge in [-0.2, -0.15) is 9.13 Å². The zero-order valence-corrected chi connectivity index (χ0v) is 19.6. The third kappa shape index (κ3) is 2.49. The van der Waals surface area contributed by atoms with Crippen molar-refractivity contribution >= 4 is 33.0 Å². The van der Waals surface area contributed by atoms with Crippen molar-refractivity contribution < 1.29 is 8.68 Å². The zero-order chi connectivity index (χ0) is 25.5. The molecule has 0 amide bonds. The molecule has 3 aromatic carbocycles.